The van der Waals surface area contributed by atoms with E-state index in [4.69, 9.17) is 11.6 Å². The van der Waals surface area contributed by atoms with Gasteiger partial charge in [-0.1, -0.05) is 31.9 Å². The molecule has 21 heavy (non-hydrogen) atoms. The first-order chi connectivity index (χ1) is 10.1. The van der Waals surface area contributed by atoms with Crippen LogP contribution in [0.2, 0.25) is 5.02 Å². The molecule has 4 heteroatoms. The van der Waals surface area contributed by atoms with Crippen molar-refractivity contribution in [1.29, 1.82) is 0 Å². The maximum Gasteiger partial charge on any atom is 0.0847 e. The lowest BCUT2D eigenvalue weighted by Gasteiger charge is -2.25. The fourth-order valence-corrected chi connectivity index (χ4v) is 3.84. The lowest BCUT2D eigenvalue weighted by Crippen LogP contribution is -2.38. The molecular weight excluding hydrogens is 282 g/mol. The fraction of sp³-hybridized carbons (Fsp3) is 0.824. The quantitative estimate of drug-likeness (QED) is 0.817. The Labute approximate surface area is 134 Å². The SMILES string of the molecule is CCCNC(Cc1c(Cl)c(C)nn1CC)C1CCC(C)C1. The number of hydrogen-bond donors (Lipinski definition) is 1. The van der Waals surface area contributed by atoms with Gasteiger partial charge in [0.15, 0.2) is 0 Å². The van der Waals surface area contributed by atoms with E-state index in [9.17, 15) is 0 Å². The molecule has 1 heterocycles. The number of rotatable bonds is 7. The number of aromatic nitrogens is 2. The zero-order valence-corrected chi connectivity index (χ0v) is 14.7. The van der Waals surface area contributed by atoms with Gasteiger partial charge in [-0.2, -0.15) is 5.10 Å². The van der Waals surface area contributed by atoms with E-state index in [1.165, 1.54) is 31.4 Å². The average Bonchev–Trinajstić information content (AvgIpc) is 3.01. The minimum atomic E-state index is 0.536. The minimum absolute atomic E-state index is 0.536. The Balaban J connectivity index is 2.14. The van der Waals surface area contributed by atoms with E-state index >= 15 is 0 Å². The summed E-state index contributed by atoms with van der Waals surface area (Å²) in [5.74, 6) is 1.65. The predicted octanol–water partition coefficient (Wildman–Crippen LogP) is 4.21. The van der Waals surface area contributed by atoms with E-state index in [-0.39, 0.29) is 0 Å². The summed E-state index contributed by atoms with van der Waals surface area (Å²) < 4.78 is 2.08. The van der Waals surface area contributed by atoms with Gasteiger partial charge in [-0.15, -0.1) is 0 Å². The lowest BCUT2D eigenvalue weighted by molar-refractivity contribution is 0.342. The van der Waals surface area contributed by atoms with Gasteiger partial charge in [-0.3, -0.25) is 4.68 Å². The molecule has 1 aliphatic carbocycles. The van der Waals surface area contributed by atoms with Crippen molar-refractivity contribution in [1.82, 2.24) is 15.1 Å². The molecule has 2 rings (SSSR count). The van der Waals surface area contributed by atoms with Gasteiger partial charge >= 0.3 is 0 Å². The summed E-state index contributed by atoms with van der Waals surface area (Å²) in [5, 5.41) is 9.20. The zero-order valence-electron chi connectivity index (χ0n) is 14.0. The predicted molar refractivity (Wildman–Crippen MR) is 89.9 cm³/mol. The van der Waals surface area contributed by atoms with Crippen molar-refractivity contribution < 1.29 is 0 Å². The highest BCUT2D eigenvalue weighted by Gasteiger charge is 2.30. The lowest BCUT2D eigenvalue weighted by atomic mass is 9.93. The highest BCUT2D eigenvalue weighted by molar-refractivity contribution is 6.31. The van der Waals surface area contributed by atoms with Gasteiger partial charge in [0.25, 0.3) is 0 Å². The van der Waals surface area contributed by atoms with Crippen LogP contribution in [0.3, 0.4) is 0 Å². The average molecular weight is 312 g/mol. The Bertz CT molecular complexity index is 455. The molecule has 1 saturated carbocycles. The van der Waals surface area contributed by atoms with E-state index in [1.807, 2.05) is 6.92 Å². The Hall–Kier alpha value is -0.540. The second-order valence-corrected chi connectivity index (χ2v) is 6.98. The van der Waals surface area contributed by atoms with Crippen molar-refractivity contribution in [3.8, 4) is 0 Å². The first kappa shape index (κ1) is 16.8. The van der Waals surface area contributed by atoms with Crippen LogP contribution in [0, 0.1) is 18.8 Å². The summed E-state index contributed by atoms with van der Waals surface area (Å²) in [6.07, 6.45) is 6.25. The number of aryl methyl sites for hydroxylation is 2. The maximum atomic E-state index is 6.50. The fourth-order valence-electron chi connectivity index (χ4n) is 3.62. The van der Waals surface area contributed by atoms with Gasteiger partial charge in [0.2, 0.25) is 0 Å². The number of nitrogens with one attached hydrogen (secondary N) is 1. The van der Waals surface area contributed by atoms with Crippen molar-refractivity contribution in [2.45, 2.75) is 72.4 Å². The monoisotopic (exact) mass is 311 g/mol. The van der Waals surface area contributed by atoms with Crippen LogP contribution in [0.1, 0.15) is 57.8 Å². The van der Waals surface area contributed by atoms with Crippen LogP contribution in [0.15, 0.2) is 0 Å². The molecule has 1 aromatic rings. The van der Waals surface area contributed by atoms with Crippen molar-refractivity contribution in [3.63, 3.8) is 0 Å². The van der Waals surface area contributed by atoms with E-state index in [1.54, 1.807) is 0 Å². The normalized spacial score (nSPS) is 23.7. The summed E-state index contributed by atoms with van der Waals surface area (Å²) >= 11 is 6.50. The van der Waals surface area contributed by atoms with E-state index < -0.39 is 0 Å². The molecule has 0 amide bonds. The standard InChI is InChI=1S/C17H30ClN3/c1-5-9-19-15(14-8-7-12(3)10-14)11-16-17(18)13(4)20-21(16)6-2/h12,14-15,19H,5-11H2,1-4H3. The largest absolute Gasteiger partial charge is 0.313 e. The second kappa shape index (κ2) is 7.64. The number of nitrogens with zero attached hydrogens (tertiary/aromatic N) is 2. The first-order valence-electron chi connectivity index (χ1n) is 8.51. The third-order valence-corrected chi connectivity index (χ3v) is 5.32. The molecule has 1 aliphatic rings. The van der Waals surface area contributed by atoms with Gasteiger partial charge in [-0.05, 0) is 51.5 Å². The Morgan fingerprint density at radius 2 is 2.14 bits per heavy atom. The Morgan fingerprint density at radius 3 is 2.71 bits per heavy atom. The molecule has 0 aliphatic heterocycles. The summed E-state index contributed by atoms with van der Waals surface area (Å²) in [4.78, 5) is 0. The molecule has 1 aromatic heterocycles. The van der Waals surface area contributed by atoms with Crippen molar-refractivity contribution in [3.05, 3.63) is 16.4 Å². The third kappa shape index (κ3) is 4.01. The molecule has 120 valence electrons. The highest BCUT2D eigenvalue weighted by atomic mass is 35.5. The molecule has 3 atom stereocenters. The van der Waals surface area contributed by atoms with E-state index in [0.29, 0.717) is 6.04 Å². The third-order valence-electron chi connectivity index (χ3n) is 4.83. The number of halogens is 1. The van der Waals surface area contributed by atoms with Crippen molar-refractivity contribution in [2.24, 2.45) is 11.8 Å². The van der Waals surface area contributed by atoms with Gasteiger partial charge < -0.3 is 5.32 Å². The van der Waals surface area contributed by atoms with Crippen LogP contribution in [0.25, 0.3) is 0 Å². The highest BCUT2D eigenvalue weighted by Crippen LogP contribution is 2.34. The van der Waals surface area contributed by atoms with Gasteiger partial charge in [0, 0.05) is 19.0 Å². The van der Waals surface area contributed by atoms with Crippen molar-refractivity contribution >= 4 is 11.6 Å². The molecule has 0 spiro atoms. The molecular formula is C17H30ClN3. The summed E-state index contributed by atoms with van der Waals surface area (Å²) in [6, 6.07) is 0.536. The molecule has 0 radical (unpaired) electrons. The van der Waals surface area contributed by atoms with E-state index in [0.717, 1.165) is 42.1 Å². The second-order valence-electron chi connectivity index (χ2n) is 6.60. The molecule has 0 bridgehead atoms. The molecule has 1 N–H and O–H groups in total. The summed E-state index contributed by atoms with van der Waals surface area (Å²) in [7, 11) is 0. The molecule has 0 aromatic carbocycles. The van der Waals surface area contributed by atoms with Crippen LogP contribution in [0.5, 0.6) is 0 Å². The topological polar surface area (TPSA) is 29.9 Å². The maximum absolute atomic E-state index is 6.50. The molecule has 0 saturated heterocycles. The van der Waals surface area contributed by atoms with Crippen LogP contribution in [0.4, 0.5) is 0 Å². The smallest absolute Gasteiger partial charge is 0.0847 e. The molecule has 3 unspecified atom stereocenters. The summed E-state index contributed by atoms with van der Waals surface area (Å²) in [6.45, 7) is 10.7. The van der Waals surface area contributed by atoms with Crippen LogP contribution < -0.4 is 5.32 Å². The Kier molecular flexibility index (Phi) is 6.12. The van der Waals surface area contributed by atoms with Crippen LogP contribution in [-0.4, -0.2) is 22.4 Å². The first-order valence-corrected chi connectivity index (χ1v) is 8.89. The van der Waals surface area contributed by atoms with Gasteiger partial charge in [0.05, 0.1) is 16.4 Å². The minimum Gasteiger partial charge on any atom is -0.313 e. The molecule has 3 nitrogen and oxygen atoms in total. The summed E-state index contributed by atoms with van der Waals surface area (Å²) in [5.41, 5.74) is 2.17. The van der Waals surface area contributed by atoms with Crippen molar-refractivity contribution in [2.75, 3.05) is 6.54 Å². The van der Waals surface area contributed by atoms with Crippen LogP contribution >= 0.6 is 11.6 Å². The van der Waals surface area contributed by atoms with E-state index in [2.05, 4.69) is 35.9 Å². The number of hydrogen-bond acceptors (Lipinski definition) is 2. The zero-order chi connectivity index (χ0) is 15.4. The molecule has 1 fully saturated rings. The van der Waals surface area contributed by atoms with Crippen LogP contribution in [-0.2, 0) is 13.0 Å². The Morgan fingerprint density at radius 1 is 1.38 bits per heavy atom. The van der Waals surface area contributed by atoms with Gasteiger partial charge in [0.1, 0.15) is 0 Å². The van der Waals surface area contributed by atoms with Gasteiger partial charge in [-0.25, -0.2) is 0 Å².